The normalized spacial score (nSPS) is 15.6. The summed E-state index contributed by atoms with van der Waals surface area (Å²) in [5, 5.41) is 1.20. The number of aryl methyl sites for hydroxylation is 1. The molecular weight excluding hydrogens is 366 g/mol. The average Bonchev–Trinajstić information content (AvgIpc) is 2.97. The number of rotatable bonds is 4. The van der Waals surface area contributed by atoms with E-state index in [-0.39, 0.29) is 12.0 Å². The largest absolute Gasteiger partial charge is 0.444 e. The summed E-state index contributed by atoms with van der Waals surface area (Å²) in [6.45, 7) is 10.2. The highest BCUT2D eigenvalue weighted by Gasteiger charge is 2.26. The zero-order valence-electron chi connectivity index (χ0n) is 18.3. The number of para-hydroxylation sites is 1. The number of aromatic nitrogens is 1. The molecule has 29 heavy (non-hydrogen) atoms. The lowest BCUT2D eigenvalue weighted by Gasteiger charge is -2.34. The minimum atomic E-state index is -0.484. The van der Waals surface area contributed by atoms with Crippen LogP contribution in [-0.2, 0) is 16.1 Å². The van der Waals surface area contributed by atoms with Crippen molar-refractivity contribution >= 4 is 22.9 Å². The lowest BCUT2D eigenvalue weighted by Crippen LogP contribution is -2.43. The molecular formula is C23H33N3O3. The first kappa shape index (κ1) is 21.2. The summed E-state index contributed by atoms with van der Waals surface area (Å²) in [7, 11) is 1.78. The Morgan fingerprint density at radius 3 is 2.48 bits per heavy atom. The number of amides is 2. The van der Waals surface area contributed by atoms with Crippen LogP contribution in [0.15, 0.2) is 30.5 Å². The quantitative estimate of drug-likeness (QED) is 0.779. The first-order valence-corrected chi connectivity index (χ1v) is 10.4. The van der Waals surface area contributed by atoms with Crippen molar-refractivity contribution in [2.24, 2.45) is 5.92 Å². The van der Waals surface area contributed by atoms with E-state index in [1.54, 1.807) is 11.9 Å². The van der Waals surface area contributed by atoms with Crippen molar-refractivity contribution in [3.8, 4) is 0 Å². The second-order valence-corrected chi connectivity index (χ2v) is 9.14. The Bertz CT molecular complexity index is 873. The van der Waals surface area contributed by atoms with Gasteiger partial charge >= 0.3 is 6.09 Å². The molecule has 2 amide bonds. The summed E-state index contributed by atoms with van der Waals surface area (Å²) < 4.78 is 7.47. The number of ether oxygens (including phenoxy) is 1. The molecule has 1 aromatic carbocycles. The van der Waals surface area contributed by atoms with Crippen LogP contribution in [0.3, 0.4) is 0 Å². The van der Waals surface area contributed by atoms with Gasteiger partial charge in [0.2, 0.25) is 5.91 Å². The van der Waals surface area contributed by atoms with Gasteiger partial charge in [0.15, 0.2) is 0 Å². The Balaban J connectivity index is 1.51. The lowest BCUT2D eigenvalue weighted by atomic mass is 9.96. The van der Waals surface area contributed by atoms with E-state index in [9.17, 15) is 9.59 Å². The first-order chi connectivity index (χ1) is 13.6. The Kier molecular flexibility index (Phi) is 6.20. The molecule has 1 aromatic heterocycles. The Hall–Kier alpha value is -2.50. The SMILES string of the molecule is Cc1cn(CC(=O)N2CCC(CN(C)C(=O)OC(C)(C)C)CC2)c2ccccc12. The fourth-order valence-corrected chi connectivity index (χ4v) is 3.97. The van der Waals surface area contributed by atoms with Crippen LogP contribution in [0.5, 0.6) is 0 Å². The van der Waals surface area contributed by atoms with Gasteiger partial charge in [0.1, 0.15) is 12.1 Å². The molecule has 2 aromatic rings. The highest BCUT2D eigenvalue weighted by atomic mass is 16.6. The summed E-state index contributed by atoms with van der Waals surface area (Å²) in [5.41, 5.74) is 1.81. The van der Waals surface area contributed by atoms with Gasteiger partial charge in [-0.15, -0.1) is 0 Å². The Morgan fingerprint density at radius 1 is 1.17 bits per heavy atom. The third kappa shape index (κ3) is 5.31. The van der Waals surface area contributed by atoms with Gasteiger partial charge in [0.05, 0.1) is 0 Å². The van der Waals surface area contributed by atoms with Crippen LogP contribution in [0.4, 0.5) is 4.79 Å². The van der Waals surface area contributed by atoms with Crippen molar-refractivity contribution in [2.45, 2.75) is 52.7 Å². The maximum Gasteiger partial charge on any atom is 0.410 e. The molecule has 6 nitrogen and oxygen atoms in total. The van der Waals surface area contributed by atoms with E-state index in [1.807, 2.05) is 37.8 Å². The van der Waals surface area contributed by atoms with E-state index < -0.39 is 5.60 Å². The molecule has 1 saturated heterocycles. The molecule has 1 fully saturated rings. The van der Waals surface area contributed by atoms with Crippen LogP contribution in [0.2, 0.25) is 0 Å². The van der Waals surface area contributed by atoms with Crippen molar-refractivity contribution in [2.75, 3.05) is 26.7 Å². The van der Waals surface area contributed by atoms with Crippen molar-refractivity contribution in [1.82, 2.24) is 14.4 Å². The highest BCUT2D eigenvalue weighted by molar-refractivity contribution is 5.86. The number of hydrogen-bond donors (Lipinski definition) is 0. The zero-order chi connectivity index (χ0) is 21.2. The van der Waals surface area contributed by atoms with Gasteiger partial charge in [-0.25, -0.2) is 4.79 Å². The number of piperidine rings is 1. The monoisotopic (exact) mass is 399 g/mol. The summed E-state index contributed by atoms with van der Waals surface area (Å²) in [6, 6.07) is 8.20. The van der Waals surface area contributed by atoms with Crippen LogP contribution < -0.4 is 0 Å². The van der Waals surface area contributed by atoms with E-state index in [1.165, 1.54) is 10.9 Å². The first-order valence-electron chi connectivity index (χ1n) is 10.4. The number of benzene rings is 1. The molecule has 0 spiro atoms. The van der Waals surface area contributed by atoms with Crippen molar-refractivity contribution in [1.29, 1.82) is 0 Å². The summed E-state index contributed by atoms with van der Waals surface area (Å²) in [5.74, 6) is 0.552. The van der Waals surface area contributed by atoms with Gasteiger partial charge in [0.25, 0.3) is 0 Å². The Labute approximate surface area is 173 Å². The topological polar surface area (TPSA) is 54.8 Å². The number of likely N-dealkylation sites (tertiary alicyclic amines) is 1. The fraction of sp³-hybridized carbons (Fsp3) is 0.565. The molecule has 1 aliphatic heterocycles. The molecule has 0 radical (unpaired) electrons. The number of hydrogen-bond acceptors (Lipinski definition) is 3. The molecule has 2 heterocycles. The fourth-order valence-electron chi connectivity index (χ4n) is 3.97. The van der Waals surface area contributed by atoms with E-state index in [4.69, 9.17) is 4.74 Å². The number of fused-ring (bicyclic) bond motifs is 1. The second-order valence-electron chi connectivity index (χ2n) is 9.14. The van der Waals surface area contributed by atoms with Gasteiger partial charge in [0, 0.05) is 43.8 Å². The minimum Gasteiger partial charge on any atom is -0.444 e. The van der Waals surface area contributed by atoms with Crippen LogP contribution in [0.25, 0.3) is 10.9 Å². The molecule has 6 heteroatoms. The molecule has 3 rings (SSSR count). The smallest absolute Gasteiger partial charge is 0.410 e. The molecule has 0 saturated carbocycles. The summed E-state index contributed by atoms with van der Waals surface area (Å²) in [4.78, 5) is 28.6. The molecule has 0 bridgehead atoms. The predicted molar refractivity (Wildman–Crippen MR) is 115 cm³/mol. The third-order valence-electron chi connectivity index (χ3n) is 5.50. The number of nitrogens with zero attached hydrogens (tertiary/aromatic N) is 3. The van der Waals surface area contributed by atoms with Crippen molar-refractivity contribution in [3.63, 3.8) is 0 Å². The average molecular weight is 400 g/mol. The minimum absolute atomic E-state index is 0.157. The van der Waals surface area contributed by atoms with Crippen LogP contribution in [-0.4, -0.2) is 58.7 Å². The lowest BCUT2D eigenvalue weighted by molar-refractivity contribution is -0.133. The maximum absolute atomic E-state index is 12.8. The number of carbonyl (C=O) groups excluding carboxylic acids is 2. The molecule has 1 aliphatic rings. The molecule has 0 N–H and O–H groups in total. The highest BCUT2D eigenvalue weighted by Crippen LogP contribution is 2.22. The van der Waals surface area contributed by atoms with E-state index in [2.05, 4.69) is 29.8 Å². The summed E-state index contributed by atoms with van der Waals surface area (Å²) in [6.07, 6.45) is 3.59. The summed E-state index contributed by atoms with van der Waals surface area (Å²) >= 11 is 0. The van der Waals surface area contributed by atoms with E-state index in [0.29, 0.717) is 19.0 Å². The van der Waals surface area contributed by atoms with Gasteiger partial charge in [-0.3, -0.25) is 4.79 Å². The molecule has 0 unspecified atom stereocenters. The van der Waals surface area contributed by atoms with Crippen molar-refractivity contribution < 1.29 is 14.3 Å². The van der Waals surface area contributed by atoms with Gasteiger partial charge in [-0.1, -0.05) is 18.2 Å². The van der Waals surface area contributed by atoms with Crippen LogP contribution >= 0.6 is 0 Å². The second kappa shape index (κ2) is 8.47. The molecule has 0 atom stereocenters. The molecule has 158 valence electrons. The van der Waals surface area contributed by atoms with Crippen LogP contribution in [0, 0.1) is 12.8 Å². The third-order valence-corrected chi connectivity index (χ3v) is 5.50. The standard InChI is InChI=1S/C23H33N3O3/c1-17-14-26(20-9-7-6-8-19(17)20)16-21(27)25-12-10-18(11-13-25)15-24(5)22(28)29-23(2,3)4/h6-9,14,18H,10-13,15-16H2,1-5H3. The Morgan fingerprint density at radius 2 is 1.83 bits per heavy atom. The van der Waals surface area contributed by atoms with Crippen molar-refractivity contribution in [3.05, 3.63) is 36.0 Å². The van der Waals surface area contributed by atoms with Gasteiger partial charge in [-0.2, -0.15) is 0 Å². The molecule has 0 aliphatic carbocycles. The van der Waals surface area contributed by atoms with Gasteiger partial charge in [-0.05, 0) is 58.1 Å². The van der Waals surface area contributed by atoms with E-state index >= 15 is 0 Å². The van der Waals surface area contributed by atoms with E-state index in [0.717, 1.165) is 31.4 Å². The number of carbonyl (C=O) groups is 2. The zero-order valence-corrected chi connectivity index (χ0v) is 18.3. The maximum atomic E-state index is 12.8. The van der Waals surface area contributed by atoms with Crippen LogP contribution in [0.1, 0.15) is 39.2 Å². The predicted octanol–water partition coefficient (Wildman–Crippen LogP) is 4.06. The van der Waals surface area contributed by atoms with Gasteiger partial charge < -0.3 is 19.1 Å².